The van der Waals surface area contributed by atoms with E-state index in [2.05, 4.69) is 15.9 Å². The number of hydrogen-bond acceptors (Lipinski definition) is 5. The highest BCUT2D eigenvalue weighted by molar-refractivity contribution is 9.10. The van der Waals surface area contributed by atoms with Crippen LogP contribution in [0.1, 0.15) is 18.9 Å². The van der Waals surface area contributed by atoms with Crippen molar-refractivity contribution in [3.8, 4) is 0 Å². The fourth-order valence-corrected chi connectivity index (χ4v) is 4.02. The van der Waals surface area contributed by atoms with Crippen molar-refractivity contribution in [1.82, 2.24) is 9.47 Å². The maximum absolute atomic E-state index is 12.5. The SMILES string of the molecule is CCCN1C(=O)S/C(=C\c2cn(CC(=O)OC)c3ccc(Br)cc23)C1=O. The Morgan fingerprint density at radius 2 is 2.12 bits per heavy atom. The van der Waals surface area contributed by atoms with Crippen LogP contribution < -0.4 is 0 Å². The number of aromatic nitrogens is 1. The number of thioether (sulfide) groups is 1. The van der Waals surface area contributed by atoms with E-state index in [-0.39, 0.29) is 23.7 Å². The average Bonchev–Trinajstić information content (AvgIpc) is 3.07. The number of hydrogen-bond donors (Lipinski definition) is 0. The van der Waals surface area contributed by atoms with E-state index in [1.165, 1.54) is 12.0 Å². The molecule has 0 N–H and O–H groups in total. The van der Waals surface area contributed by atoms with Crippen molar-refractivity contribution in [3.05, 3.63) is 39.3 Å². The molecule has 1 fully saturated rings. The Balaban J connectivity index is 2.05. The standard InChI is InChI=1S/C18H17BrN2O4S/c1-3-6-21-17(23)15(26-18(21)24)7-11-9-20(10-16(22)25-2)14-5-4-12(19)8-13(11)14/h4-5,7-9H,3,6,10H2,1-2H3/b15-7-. The summed E-state index contributed by atoms with van der Waals surface area (Å²) in [5.41, 5.74) is 1.62. The van der Waals surface area contributed by atoms with Crippen LogP contribution in [0.2, 0.25) is 0 Å². The smallest absolute Gasteiger partial charge is 0.325 e. The molecule has 1 aliphatic heterocycles. The molecule has 6 nitrogen and oxygen atoms in total. The lowest BCUT2D eigenvalue weighted by Gasteiger charge is -2.09. The Kier molecular flexibility index (Phi) is 5.52. The van der Waals surface area contributed by atoms with E-state index < -0.39 is 0 Å². The van der Waals surface area contributed by atoms with Crippen LogP contribution in [0.25, 0.3) is 17.0 Å². The third kappa shape index (κ3) is 3.57. The zero-order valence-electron chi connectivity index (χ0n) is 14.3. The average molecular weight is 437 g/mol. The fourth-order valence-electron chi connectivity index (χ4n) is 2.80. The highest BCUT2D eigenvalue weighted by atomic mass is 79.9. The Labute approximate surface area is 163 Å². The molecule has 1 saturated heterocycles. The minimum absolute atomic E-state index is 0.0692. The van der Waals surface area contributed by atoms with Crippen LogP contribution in [0.4, 0.5) is 4.79 Å². The lowest BCUT2D eigenvalue weighted by molar-refractivity contribution is -0.141. The van der Waals surface area contributed by atoms with Crippen LogP contribution in [0.3, 0.4) is 0 Å². The molecular weight excluding hydrogens is 420 g/mol. The lowest BCUT2D eigenvalue weighted by Crippen LogP contribution is -2.28. The summed E-state index contributed by atoms with van der Waals surface area (Å²) in [5, 5.41) is 0.633. The van der Waals surface area contributed by atoms with Gasteiger partial charge in [0.2, 0.25) is 0 Å². The number of esters is 1. The van der Waals surface area contributed by atoms with E-state index in [1.807, 2.05) is 25.1 Å². The highest BCUT2D eigenvalue weighted by Gasteiger charge is 2.34. The van der Waals surface area contributed by atoms with Gasteiger partial charge in [-0.2, -0.15) is 0 Å². The second kappa shape index (κ2) is 7.67. The summed E-state index contributed by atoms with van der Waals surface area (Å²) in [6.45, 7) is 2.41. The third-order valence-electron chi connectivity index (χ3n) is 4.01. The molecule has 2 amide bonds. The maximum Gasteiger partial charge on any atom is 0.325 e. The number of carbonyl (C=O) groups excluding carboxylic acids is 3. The predicted molar refractivity (Wildman–Crippen MR) is 105 cm³/mol. The number of amides is 2. The van der Waals surface area contributed by atoms with Crippen molar-refractivity contribution in [3.63, 3.8) is 0 Å². The van der Waals surface area contributed by atoms with Gasteiger partial charge in [0.25, 0.3) is 11.1 Å². The van der Waals surface area contributed by atoms with Crippen LogP contribution in [-0.4, -0.2) is 40.2 Å². The normalized spacial score (nSPS) is 16.1. The van der Waals surface area contributed by atoms with Gasteiger partial charge >= 0.3 is 5.97 Å². The molecular formula is C18H17BrN2O4S. The Bertz CT molecular complexity index is 935. The van der Waals surface area contributed by atoms with E-state index >= 15 is 0 Å². The molecule has 0 radical (unpaired) electrons. The molecule has 1 aromatic heterocycles. The summed E-state index contributed by atoms with van der Waals surface area (Å²) in [4.78, 5) is 37.8. The summed E-state index contributed by atoms with van der Waals surface area (Å²) in [7, 11) is 1.34. The number of methoxy groups -OCH3 is 1. The minimum atomic E-state index is -0.361. The molecule has 1 aliphatic rings. The monoisotopic (exact) mass is 436 g/mol. The Hall–Kier alpha value is -2.06. The molecule has 1 aromatic carbocycles. The zero-order valence-corrected chi connectivity index (χ0v) is 16.7. The van der Waals surface area contributed by atoms with Gasteiger partial charge < -0.3 is 9.30 Å². The van der Waals surface area contributed by atoms with Crippen molar-refractivity contribution >= 4 is 61.8 Å². The van der Waals surface area contributed by atoms with E-state index in [0.29, 0.717) is 11.4 Å². The number of nitrogens with zero attached hydrogens (tertiary/aromatic N) is 2. The topological polar surface area (TPSA) is 68.6 Å². The molecule has 0 unspecified atom stereocenters. The largest absolute Gasteiger partial charge is 0.468 e. The first-order chi connectivity index (χ1) is 12.4. The summed E-state index contributed by atoms with van der Waals surface area (Å²) in [6.07, 6.45) is 4.22. The van der Waals surface area contributed by atoms with Gasteiger partial charge in [-0.05, 0) is 42.5 Å². The Morgan fingerprint density at radius 3 is 2.81 bits per heavy atom. The molecule has 0 atom stereocenters. The van der Waals surface area contributed by atoms with Gasteiger partial charge in [0.05, 0.1) is 12.0 Å². The summed E-state index contributed by atoms with van der Waals surface area (Å²) in [5.74, 6) is -0.634. The number of imide groups is 1. The van der Waals surface area contributed by atoms with Crippen LogP contribution in [-0.2, 0) is 20.9 Å². The van der Waals surface area contributed by atoms with Crippen LogP contribution in [0.15, 0.2) is 33.8 Å². The zero-order chi connectivity index (χ0) is 18.8. The predicted octanol–water partition coefficient (Wildman–Crippen LogP) is 4.02. The number of ether oxygens (including phenoxy) is 1. The molecule has 0 spiro atoms. The molecule has 26 heavy (non-hydrogen) atoms. The molecule has 8 heteroatoms. The summed E-state index contributed by atoms with van der Waals surface area (Å²) < 4.78 is 7.40. The number of fused-ring (bicyclic) bond motifs is 1. The summed E-state index contributed by atoms with van der Waals surface area (Å²) in [6, 6.07) is 5.70. The van der Waals surface area contributed by atoms with Gasteiger partial charge in [0.15, 0.2) is 0 Å². The van der Waals surface area contributed by atoms with Crippen LogP contribution in [0, 0.1) is 0 Å². The molecule has 3 rings (SSSR count). The van der Waals surface area contributed by atoms with Crippen molar-refractivity contribution in [2.45, 2.75) is 19.9 Å². The van der Waals surface area contributed by atoms with Crippen molar-refractivity contribution in [2.75, 3.05) is 13.7 Å². The molecule has 136 valence electrons. The van der Waals surface area contributed by atoms with Gasteiger partial charge in [-0.3, -0.25) is 19.3 Å². The van der Waals surface area contributed by atoms with Gasteiger partial charge in [-0.25, -0.2) is 0 Å². The van der Waals surface area contributed by atoms with E-state index in [0.717, 1.165) is 39.1 Å². The quantitative estimate of drug-likeness (QED) is 0.522. The summed E-state index contributed by atoms with van der Waals surface area (Å²) >= 11 is 4.39. The van der Waals surface area contributed by atoms with Gasteiger partial charge in [0.1, 0.15) is 6.54 Å². The van der Waals surface area contributed by atoms with E-state index in [4.69, 9.17) is 4.74 Å². The molecule has 0 aliphatic carbocycles. The van der Waals surface area contributed by atoms with Gasteiger partial charge in [-0.15, -0.1) is 0 Å². The van der Waals surface area contributed by atoms with Crippen LogP contribution in [0.5, 0.6) is 0 Å². The minimum Gasteiger partial charge on any atom is -0.468 e. The highest BCUT2D eigenvalue weighted by Crippen LogP contribution is 2.34. The first kappa shape index (κ1) is 18.7. The second-order valence-electron chi connectivity index (χ2n) is 5.78. The van der Waals surface area contributed by atoms with E-state index in [9.17, 15) is 14.4 Å². The third-order valence-corrected chi connectivity index (χ3v) is 5.41. The molecule has 2 heterocycles. The fraction of sp³-hybridized carbons (Fsp3) is 0.278. The van der Waals surface area contributed by atoms with E-state index in [1.54, 1.807) is 16.8 Å². The van der Waals surface area contributed by atoms with Gasteiger partial charge in [-0.1, -0.05) is 22.9 Å². The molecule has 0 bridgehead atoms. The van der Waals surface area contributed by atoms with Crippen molar-refractivity contribution in [2.24, 2.45) is 0 Å². The van der Waals surface area contributed by atoms with Crippen molar-refractivity contribution < 1.29 is 19.1 Å². The number of benzene rings is 1. The number of halogens is 1. The van der Waals surface area contributed by atoms with Crippen molar-refractivity contribution in [1.29, 1.82) is 0 Å². The number of carbonyl (C=O) groups is 3. The van der Waals surface area contributed by atoms with Crippen LogP contribution >= 0.6 is 27.7 Å². The lowest BCUT2D eigenvalue weighted by atomic mass is 10.1. The Morgan fingerprint density at radius 1 is 1.35 bits per heavy atom. The molecule has 0 saturated carbocycles. The first-order valence-corrected chi connectivity index (χ1v) is 9.66. The second-order valence-corrected chi connectivity index (χ2v) is 7.69. The molecule has 2 aromatic rings. The van der Waals surface area contributed by atoms with Gasteiger partial charge in [0, 0.05) is 33.7 Å². The number of rotatable bonds is 5. The maximum atomic E-state index is 12.5. The first-order valence-electron chi connectivity index (χ1n) is 8.05.